The molecule has 5 amide bonds. The van der Waals surface area contributed by atoms with Crippen LogP contribution in [0.25, 0.3) is 22.4 Å². The molecular formula is C48H60N10O7. The Kier molecular flexibility index (Phi) is 17.9. The number of aromatic nitrogens is 1. The molecule has 4 atom stereocenters. The average Bonchev–Trinajstić information content (AvgIpc) is 3.30. The molecule has 3 aromatic carbocycles. The van der Waals surface area contributed by atoms with Gasteiger partial charge in [0.2, 0.25) is 23.6 Å². The molecule has 10 N–H and O–H groups in total. The highest BCUT2D eigenvalue weighted by Crippen LogP contribution is 2.40. The molecule has 4 aromatic rings. The number of nitrogens with one attached hydrogen (secondary N) is 4. The fraction of sp³-hybridized carbons (Fsp3) is 0.396. The Labute approximate surface area is 379 Å². The third-order valence-electron chi connectivity index (χ3n) is 11.0. The third kappa shape index (κ3) is 12.7. The number of carbonyl (C=O) groups is 5. The van der Waals surface area contributed by atoms with Crippen LogP contribution in [0, 0.1) is 18.3 Å². The molecule has 17 heteroatoms. The number of nitriles is 1. The second kappa shape index (κ2) is 23.7. The van der Waals surface area contributed by atoms with Crippen molar-refractivity contribution in [1.82, 2.24) is 31.2 Å². The van der Waals surface area contributed by atoms with Gasteiger partial charge in [0.1, 0.15) is 55.4 Å². The van der Waals surface area contributed by atoms with Gasteiger partial charge in [-0.1, -0.05) is 49.7 Å². The topological polar surface area (TPSA) is 270 Å². The number of nitrogens with zero attached hydrogens (tertiary/aromatic N) is 3. The molecule has 4 bridgehead atoms. The molecule has 1 aromatic heterocycles. The lowest BCUT2D eigenvalue weighted by Gasteiger charge is -2.32. The van der Waals surface area contributed by atoms with Crippen LogP contribution in [0.2, 0.25) is 0 Å². The zero-order chi connectivity index (χ0) is 47.0. The second-order valence-electron chi connectivity index (χ2n) is 15.8. The van der Waals surface area contributed by atoms with Crippen molar-refractivity contribution in [3.63, 3.8) is 0 Å². The first kappa shape index (κ1) is 49.2. The molecule has 2 heterocycles. The van der Waals surface area contributed by atoms with E-state index in [9.17, 15) is 24.0 Å². The van der Waals surface area contributed by atoms with Crippen molar-refractivity contribution in [2.45, 2.75) is 77.0 Å². The van der Waals surface area contributed by atoms with Crippen LogP contribution in [0.15, 0.2) is 72.8 Å². The van der Waals surface area contributed by atoms with Crippen molar-refractivity contribution in [2.75, 3.05) is 46.4 Å². The fourth-order valence-electron chi connectivity index (χ4n) is 7.55. The van der Waals surface area contributed by atoms with Gasteiger partial charge in [0, 0.05) is 43.2 Å². The van der Waals surface area contributed by atoms with Crippen LogP contribution in [0.3, 0.4) is 0 Å². The molecule has 0 aliphatic carbocycles. The molecule has 65 heavy (non-hydrogen) atoms. The average molecular weight is 889 g/mol. The molecule has 344 valence electrons. The zero-order valence-corrected chi connectivity index (χ0v) is 37.4. The molecular weight excluding hydrogens is 829 g/mol. The summed E-state index contributed by atoms with van der Waals surface area (Å²) in [5.74, 6) is -2.46. The van der Waals surface area contributed by atoms with Crippen molar-refractivity contribution in [2.24, 2.45) is 17.2 Å². The number of hydrogen-bond donors (Lipinski definition) is 7. The first-order valence-electron chi connectivity index (χ1n) is 21.9. The maximum atomic E-state index is 14.6. The predicted octanol–water partition coefficient (Wildman–Crippen LogP) is 2.57. The Morgan fingerprint density at radius 2 is 1.58 bits per heavy atom. The lowest BCUT2D eigenvalue weighted by Crippen LogP contribution is -2.56. The van der Waals surface area contributed by atoms with E-state index < -0.39 is 53.7 Å². The van der Waals surface area contributed by atoms with Crippen molar-refractivity contribution in [3.8, 4) is 40.0 Å². The standard InChI is InChI=1S/C48H60N10O7/c1-5-6-7-31-8-11-33(12-9-31)38-15-14-35(29(2)54-38)45(60)56-39(18-19-49)48(63)58(4)43-34-13-17-42(65-25-22-52)37(28-34)36-26-32(10-16-41(36)64-24-21-51)27-40(46(61)53-23-20-50)57-44(59)30(3)55-47(43)62/h8-17,26,28,30,39-40,43H,5-7,18-19,21-25,27,49,51-52H2,1-4H3,(H,53,61)(H,55,62)(H,56,60)(H,57,59)/t30-,39-,40-,43-/m0/s1. The number of pyridine rings is 1. The van der Waals surface area contributed by atoms with E-state index in [-0.39, 0.29) is 57.8 Å². The summed E-state index contributed by atoms with van der Waals surface area (Å²) < 4.78 is 12.2. The highest BCUT2D eigenvalue weighted by atomic mass is 16.5. The molecule has 0 saturated carbocycles. The Morgan fingerprint density at radius 1 is 0.908 bits per heavy atom. The van der Waals surface area contributed by atoms with Gasteiger partial charge in [0.25, 0.3) is 5.91 Å². The van der Waals surface area contributed by atoms with Crippen molar-refractivity contribution >= 4 is 29.5 Å². The summed E-state index contributed by atoms with van der Waals surface area (Å²) in [6, 6.07) is 18.7. The minimum absolute atomic E-state index is 0.00729. The van der Waals surface area contributed by atoms with Gasteiger partial charge in [-0.05, 0) is 92.7 Å². The van der Waals surface area contributed by atoms with Crippen LogP contribution in [0.5, 0.6) is 11.5 Å². The molecule has 0 unspecified atom stereocenters. The highest BCUT2D eigenvalue weighted by molar-refractivity contribution is 6.00. The van der Waals surface area contributed by atoms with E-state index in [1.54, 1.807) is 55.5 Å². The van der Waals surface area contributed by atoms with E-state index >= 15 is 0 Å². The number of unbranched alkanes of at least 4 members (excludes halogenated alkanes) is 1. The number of hydrogen-bond acceptors (Lipinski definition) is 12. The summed E-state index contributed by atoms with van der Waals surface area (Å²) >= 11 is 0. The van der Waals surface area contributed by atoms with Crippen molar-refractivity contribution in [3.05, 3.63) is 101 Å². The molecule has 1 aliphatic rings. The van der Waals surface area contributed by atoms with E-state index in [4.69, 9.17) is 36.9 Å². The van der Waals surface area contributed by atoms with Crippen LogP contribution >= 0.6 is 0 Å². The van der Waals surface area contributed by atoms with Gasteiger partial charge in [-0.2, -0.15) is 5.26 Å². The van der Waals surface area contributed by atoms with E-state index in [1.807, 2.05) is 18.2 Å². The van der Waals surface area contributed by atoms with Gasteiger partial charge in [-0.3, -0.25) is 29.0 Å². The molecule has 17 nitrogen and oxygen atoms in total. The van der Waals surface area contributed by atoms with E-state index in [1.165, 1.54) is 24.4 Å². The molecule has 0 radical (unpaired) electrons. The fourth-order valence-corrected chi connectivity index (χ4v) is 7.55. The quantitative estimate of drug-likeness (QED) is 0.0711. The summed E-state index contributed by atoms with van der Waals surface area (Å²) in [4.78, 5) is 76.1. The van der Waals surface area contributed by atoms with Gasteiger partial charge in [-0.25, -0.2) is 0 Å². The number of aryl methyl sites for hydroxylation is 2. The Balaban J connectivity index is 1.54. The number of fused-ring (bicyclic) bond motifs is 5. The first-order valence-corrected chi connectivity index (χ1v) is 21.9. The van der Waals surface area contributed by atoms with Gasteiger partial charge in [0.15, 0.2) is 0 Å². The normalized spacial score (nSPS) is 16.4. The SMILES string of the molecule is CCCCc1ccc(-c2ccc(C(=O)N[C@@H](CCN)C(=O)N(C)[C@@H]3C(=O)N[C@@H](C)C(=O)N[C@H](C(=O)NCC#N)Cc4ccc(OCCN)c(c4)-c4cc3ccc4OCCN)c(C)n2)cc1. The number of benzene rings is 3. The monoisotopic (exact) mass is 888 g/mol. The van der Waals surface area contributed by atoms with Crippen LogP contribution < -0.4 is 47.9 Å². The molecule has 0 spiro atoms. The van der Waals surface area contributed by atoms with Gasteiger partial charge >= 0.3 is 0 Å². The van der Waals surface area contributed by atoms with Crippen LogP contribution in [0.4, 0.5) is 0 Å². The molecule has 1 aliphatic heterocycles. The number of carbonyl (C=O) groups excluding carboxylic acids is 5. The minimum Gasteiger partial charge on any atom is -0.492 e. The van der Waals surface area contributed by atoms with Gasteiger partial charge in [0.05, 0.1) is 23.0 Å². The molecule has 0 fully saturated rings. The van der Waals surface area contributed by atoms with E-state index in [0.717, 1.165) is 24.8 Å². The number of nitrogens with two attached hydrogens (primary N) is 3. The maximum Gasteiger partial charge on any atom is 0.253 e. The lowest BCUT2D eigenvalue weighted by atomic mass is 9.93. The summed E-state index contributed by atoms with van der Waals surface area (Å²) in [6.45, 7) is 5.73. The Morgan fingerprint density at radius 3 is 2.22 bits per heavy atom. The Hall–Kier alpha value is -6.87. The van der Waals surface area contributed by atoms with E-state index in [0.29, 0.717) is 45.1 Å². The zero-order valence-electron chi connectivity index (χ0n) is 37.4. The van der Waals surface area contributed by atoms with Crippen molar-refractivity contribution in [1.29, 1.82) is 5.26 Å². The maximum absolute atomic E-state index is 14.6. The summed E-state index contributed by atoms with van der Waals surface area (Å²) in [5.41, 5.74) is 23.1. The van der Waals surface area contributed by atoms with Gasteiger partial charge < -0.3 is 52.8 Å². The smallest absolute Gasteiger partial charge is 0.253 e. The van der Waals surface area contributed by atoms with Crippen molar-refractivity contribution < 1.29 is 33.4 Å². The predicted molar refractivity (Wildman–Crippen MR) is 246 cm³/mol. The summed E-state index contributed by atoms with van der Waals surface area (Å²) in [6.07, 6.45) is 3.23. The lowest BCUT2D eigenvalue weighted by molar-refractivity contribution is -0.141. The number of ether oxygens (including phenoxy) is 2. The number of likely N-dealkylation sites (N-methyl/N-ethyl adjacent to an activating group) is 1. The van der Waals surface area contributed by atoms with E-state index in [2.05, 4.69) is 40.3 Å². The molecule has 0 saturated heterocycles. The van der Waals surface area contributed by atoms with Gasteiger partial charge in [-0.15, -0.1) is 0 Å². The second-order valence-corrected chi connectivity index (χ2v) is 15.8. The molecule has 5 rings (SSSR count). The Bertz CT molecular complexity index is 2370. The van der Waals surface area contributed by atoms with Crippen LogP contribution in [0.1, 0.15) is 71.9 Å². The number of amides is 5. The largest absolute Gasteiger partial charge is 0.492 e. The highest BCUT2D eigenvalue weighted by Gasteiger charge is 2.36. The number of rotatable bonds is 18. The summed E-state index contributed by atoms with van der Waals surface area (Å²) in [5, 5.41) is 19.9. The minimum atomic E-state index is -1.39. The third-order valence-corrected chi connectivity index (χ3v) is 11.0. The van der Waals surface area contributed by atoms with Crippen LogP contribution in [-0.4, -0.2) is 104 Å². The first-order chi connectivity index (χ1) is 31.3. The van der Waals surface area contributed by atoms with Crippen LogP contribution in [-0.2, 0) is 32.0 Å². The summed E-state index contributed by atoms with van der Waals surface area (Å²) in [7, 11) is 1.43.